The number of nitrogens with zero attached hydrogens (tertiary/aromatic N) is 1. The minimum Gasteiger partial charge on any atom is -0.375 e. The monoisotopic (exact) mass is 228 g/mol. The highest BCUT2D eigenvalue weighted by Crippen LogP contribution is 2.24. The second-order valence-electron chi connectivity index (χ2n) is 4.56. The van der Waals surface area contributed by atoms with E-state index in [4.69, 9.17) is 10.6 Å². The Morgan fingerprint density at radius 2 is 2.19 bits per heavy atom. The van der Waals surface area contributed by atoms with E-state index in [-0.39, 0.29) is 0 Å². The van der Waals surface area contributed by atoms with E-state index in [1.165, 1.54) is 30.7 Å². The Balaban J connectivity index is 2.13. The summed E-state index contributed by atoms with van der Waals surface area (Å²) in [5, 5.41) is 1.20. The van der Waals surface area contributed by atoms with Crippen LogP contribution in [0.2, 0.25) is 0 Å². The first-order valence-corrected chi connectivity index (χ1v) is 6.38. The molecule has 1 aliphatic rings. The number of ether oxygens (including phenoxy) is 1. The van der Waals surface area contributed by atoms with Crippen LogP contribution in [0.1, 0.15) is 51.9 Å². The molecule has 2 N–H and O–H groups in total. The minimum absolute atomic E-state index is 0.336. The molecule has 4 heteroatoms. The number of carbonyl (C=O) groups excluding carboxylic acids is 1. The number of nitrogens with two attached hydrogens (primary N) is 1. The van der Waals surface area contributed by atoms with Gasteiger partial charge in [-0.3, -0.25) is 9.80 Å². The quantitative estimate of drug-likeness (QED) is 0.298. The van der Waals surface area contributed by atoms with Gasteiger partial charge in [0.25, 0.3) is 0 Å². The number of hydrogen-bond acceptors (Lipinski definition) is 3. The van der Waals surface area contributed by atoms with Crippen molar-refractivity contribution in [2.45, 2.75) is 64.1 Å². The molecule has 1 unspecified atom stereocenters. The van der Waals surface area contributed by atoms with Crippen LogP contribution in [0.5, 0.6) is 0 Å². The van der Waals surface area contributed by atoms with Crippen LogP contribution in [-0.4, -0.2) is 30.2 Å². The summed E-state index contributed by atoms with van der Waals surface area (Å²) < 4.78 is 6.03. The lowest BCUT2D eigenvalue weighted by Crippen LogP contribution is -2.31. The second-order valence-corrected chi connectivity index (χ2v) is 4.56. The fourth-order valence-electron chi connectivity index (χ4n) is 2.22. The highest BCUT2D eigenvalue weighted by Gasteiger charge is 2.19. The van der Waals surface area contributed by atoms with Crippen LogP contribution >= 0.6 is 0 Å². The summed E-state index contributed by atoms with van der Waals surface area (Å²) in [6.07, 6.45) is 9.48. The standard InChI is InChI=1S/C12H24N2O2/c1-2-11(8-5-9-14(13)10-15)16-12-6-3-4-7-12/h10-12H,2-9,13H2,1H3. The van der Waals surface area contributed by atoms with Gasteiger partial charge in [0.1, 0.15) is 0 Å². The van der Waals surface area contributed by atoms with Crippen LogP contribution < -0.4 is 5.84 Å². The van der Waals surface area contributed by atoms with E-state index in [0.29, 0.717) is 25.2 Å². The molecule has 94 valence electrons. The molecule has 0 heterocycles. The van der Waals surface area contributed by atoms with Crippen molar-refractivity contribution in [1.29, 1.82) is 0 Å². The average molecular weight is 228 g/mol. The van der Waals surface area contributed by atoms with Crippen molar-refractivity contribution >= 4 is 6.41 Å². The molecular formula is C12H24N2O2. The third-order valence-corrected chi connectivity index (χ3v) is 3.22. The SMILES string of the molecule is CCC(CCCN(N)C=O)OC1CCCC1. The van der Waals surface area contributed by atoms with E-state index in [1.54, 1.807) is 0 Å². The lowest BCUT2D eigenvalue weighted by Gasteiger charge is -2.21. The van der Waals surface area contributed by atoms with Crippen molar-refractivity contribution in [3.05, 3.63) is 0 Å². The van der Waals surface area contributed by atoms with Gasteiger partial charge in [-0.2, -0.15) is 0 Å². The highest BCUT2D eigenvalue weighted by molar-refractivity contribution is 5.45. The molecule has 1 amide bonds. The highest BCUT2D eigenvalue weighted by atomic mass is 16.5. The molecule has 0 radical (unpaired) electrons. The van der Waals surface area contributed by atoms with Gasteiger partial charge in [-0.25, -0.2) is 5.84 Å². The maximum atomic E-state index is 10.3. The van der Waals surface area contributed by atoms with E-state index in [2.05, 4.69) is 6.92 Å². The first kappa shape index (κ1) is 13.5. The molecule has 1 rings (SSSR count). The maximum absolute atomic E-state index is 10.3. The first-order chi connectivity index (χ1) is 7.76. The van der Waals surface area contributed by atoms with Gasteiger partial charge in [0.15, 0.2) is 0 Å². The van der Waals surface area contributed by atoms with Gasteiger partial charge in [0.05, 0.1) is 12.2 Å². The van der Waals surface area contributed by atoms with Gasteiger partial charge >= 0.3 is 0 Å². The molecule has 1 aliphatic carbocycles. The third kappa shape index (κ3) is 4.94. The Labute approximate surface area is 98.1 Å². The fraction of sp³-hybridized carbons (Fsp3) is 0.917. The van der Waals surface area contributed by atoms with Crippen molar-refractivity contribution in [2.75, 3.05) is 6.54 Å². The number of hydrogen-bond donors (Lipinski definition) is 1. The Morgan fingerprint density at radius 1 is 1.50 bits per heavy atom. The van der Waals surface area contributed by atoms with Crippen molar-refractivity contribution < 1.29 is 9.53 Å². The lowest BCUT2D eigenvalue weighted by atomic mass is 10.1. The van der Waals surface area contributed by atoms with Crippen LogP contribution in [0.3, 0.4) is 0 Å². The number of rotatable bonds is 8. The molecule has 0 aromatic heterocycles. The largest absolute Gasteiger partial charge is 0.375 e. The molecule has 0 saturated heterocycles. The Morgan fingerprint density at radius 3 is 2.75 bits per heavy atom. The van der Waals surface area contributed by atoms with E-state index in [9.17, 15) is 4.79 Å². The molecule has 1 fully saturated rings. The Kier molecular flexibility index (Phi) is 6.42. The topological polar surface area (TPSA) is 55.6 Å². The van der Waals surface area contributed by atoms with Crippen LogP contribution in [0, 0.1) is 0 Å². The zero-order valence-corrected chi connectivity index (χ0v) is 10.2. The van der Waals surface area contributed by atoms with Crippen molar-refractivity contribution in [3.63, 3.8) is 0 Å². The zero-order valence-electron chi connectivity index (χ0n) is 10.2. The molecule has 1 saturated carbocycles. The summed E-state index contributed by atoms with van der Waals surface area (Å²) in [5.41, 5.74) is 0. The normalized spacial score (nSPS) is 18.6. The number of carbonyl (C=O) groups is 1. The number of amides is 1. The summed E-state index contributed by atoms with van der Waals surface area (Å²) >= 11 is 0. The molecule has 0 aromatic carbocycles. The minimum atomic E-state index is 0.336. The molecule has 0 spiro atoms. The van der Waals surface area contributed by atoms with Crippen LogP contribution in [-0.2, 0) is 9.53 Å². The van der Waals surface area contributed by atoms with Gasteiger partial charge in [-0.15, -0.1) is 0 Å². The summed E-state index contributed by atoms with van der Waals surface area (Å²) in [4.78, 5) is 10.3. The van der Waals surface area contributed by atoms with E-state index < -0.39 is 0 Å². The van der Waals surface area contributed by atoms with Crippen molar-refractivity contribution in [2.24, 2.45) is 5.84 Å². The molecule has 0 aliphatic heterocycles. The summed E-state index contributed by atoms with van der Waals surface area (Å²) in [6, 6.07) is 0. The Hall–Kier alpha value is -0.610. The molecule has 1 atom stereocenters. The third-order valence-electron chi connectivity index (χ3n) is 3.22. The molecule has 0 aromatic rings. The van der Waals surface area contributed by atoms with Crippen LogP contribution in [0.15, 0.2) is 0 Å². The molecule has 16 heavy (non-hydrogen) atoms. The maximum Gasteiger partial charge on any atom is 0.223 e. The summed E-state index contributed by atoms with van der Waals surface area (Å²) in [7, 11) is 0. The molecule has 0 bridgehead atoms. The van der Waals surface area contributed by atoms with Gasteiger partial charge < -0.3 is 4.74 Å². The predicted octanol–water partition coefficient (Wildman–Crippen LogP) is 1.84. The zero-order chi connectivity index (χ0) is 11.8. The molecular weight excluding hydrogens is 204 g/mol. The second kappa shape index (κ2) is 7.63. The molecule has 4 nitrogen and oxygen atoms in total. The van der Waals surface area contributed by atoms with Gasteiger partial charge in [0.2, 0.25) is 6.41 Å². The number of hydrazine groups is 1. The van der Waals surface area contributed by atoms with Crippen molar-refractivity contribution in [3.8, 4) is 0 Å². The summed E-state index contributed by atoms with van der Waals surface area (Å²) in [6.45, 7) is 2.77. The van der Waals surface area contributed by atoms with Gasteiger partial charge in [-0.05, 0) is 32.1 Å². The first-order valence-electron chi connectivity index (χ1n) is 6.38. The summed E-state index contributed by atoms with van der Waals surface area (Å²) in [5.74, 6) is 5.39. The average Bonchev–Trinajstić information content (AvgIpc) is 2.80. The van der Waals surface area contributed by atoms with Crippen molar-refractivity contribution in [1.82, 2.24) is 5.01 Å². The Bertz CT molecular complexity index is 193. The van der Waals surface area contributed by atoms with E-state index >= 15 is 0 Å². The van der Waals surface area contributed by atoms with E-state index in [0.717, 1.165) is 19.3 Å². The lowest BCUT2D eigenvalue weighted by molar-refractivity contribution is -0.118. The van der Waals surface area contributed by atoms with Crippen LogP contribution in [0.4, 0.5) is 0 Å². The van der Waals surface area contributed by atoms with Crippen LogP contribution in [0.25, 0.3) is 0 Å². The van der Waals surface area contributed by atoms with E-state index in [1.807, 2.05) is 0 Å². The smallest absolute Gasteiger partial charge is 0.223 e. The van der Waals surface area contributed by atoms with Gasteiger partial charge in [0, 0.05) is 6.54 Å². The fourth-order valence-corrected chi connectivity index (χ4v) is 2.22. The van der Waals surface area contributed by atoms with Gasteiger partial charge in [-0.1, -0.05) is 19.8 Å². The predicted molar refractivity (Wildman–Crippen MR) is 63.6 cm³/mol.